The van der Waals surface area contributed by atoms with Crippen LogP contribution in [0.1, 0.15) is 11.4 Å². The number of piperazine rings is 1. The van der Waals surface area contributed by atoms with Crippen molar-refractivity contribution in [3.05, 3.63) is 35.9 Å². The number of rotatable bonds is 3. The van der Waals surface area contributed by atoms with Crippen molar-refractivity contribution < 1.29 is 0 Å². The lowest BCUT2D eigenvalue weighted by Gasteiger charge is -2.48. The van der Waals surface area contributed by atoms with Gasteiger partial charge in [0.15, 0.2) is 0 Å². The van der Waals surface area contributed by atoms with E-state index < -0.39 is 0 Å². The van der Waals surface area contributed by atoms with Crippen molar-refractivity contribution in [1.82, 2.24) is 24.8 Å². The molecule has 0 bridgehead atoms. The molecule has 7 nitrogen and oxygen atoms in total. The number of hydrogen-bond donors (Lipinski definition) is 0. The summed E-state index contributed by atoms with van der Waals surface area (Å²) in [6.07, 6.45) is 3.62. The van der Waals surface area contributed by atoms with Crippen LogP contribution in [-0.2, 0) is 0 Å². The maximum absolute atomic E-state index is 4.56. The topological polar surface area (TPSA) is 61.3 Å². The summed E-state index contributed by atoms with van der Waals surface area (Å²) in [5, 5.41) is 0. The average Bonchev–Trinajstić information content (AvgIpc) is 2.54. The molecular weight excluding hydrogens is 302 g/mol. The molecule has 0 unspecified atom stereocenters. The summed E-state index contributed by atoms with van der Waals surface area (Å²) in [5.74, 6) is 1.72. The Labute approximate surface area is 142 Å². The molecule has 0 N–H and O–H groups in total. The van der Waals surface area contributed by atoms with Crippen LogP contribution in [-0.4, -0.2) is 70.1 Å². The summed E-state index contributed by atoms with van der Waals surface area (Å²) < 4.78 is 0. The van der Waals surface area contributed by atoms with E-state index >= 15 is 0 Å². The largest absolute Gasteiger partial charge is 0.338 e. The van der Waals surface area contributed by atoms with Gasteiger partial charge >= 0.3 is 0 Å². The Balaban J connectivity index is 1.31. The van der Waals surface area contributed by atoms with E-state index in [9.17, 15) is 0 Å². The summed E-state index contributed by atoms with van der Waals surface area (Å²) >= 11 is 0. The zero-order valence-electron chi connectivity index (χ0n) is 14.3. The van der Waals surface area contributed by atoms with Crippen molar-refractivity contribution in [2.24, 2.45) is 0 Å². The maximum Gasteiger partial charge on any atom is 0.225 e. The zero-order chi connectivity index (χ0) is 16.5. The van der Waals surface area contributed by atoms with Gasteiger partial charge in [-0.15, -0.1) is 0 Å². The molecule has 0 radical (unpaired) electrons. The number of anilines is 2. The molecule has 2 fully saturated rings. The fourth-order valence-corrected chi connectivity index (χ4v) is 3.44. The van der Waals surface area contributed by atoms with Crippen LogP contribution in [0.25, 0.3) is 0 Å². The van der Waals surface area contributed by atoms with Gasteiger partial charge in [0.1, 0.15) is 0 Å². The molecule has 126 valence electrons. The van der Waals surface area contributed by atoms with Gasteiger partial charge in [-0.1, -0.05) is 0 Å². The Bertz CT molecular complexity index is 671. The molecule has 0 atom stereocenters. The predicted octanol–water partition coefficient (Wildman–Crippen LogP) is 0.894. The van der Waals surface area contributed by atoms with Gasteiger partial charge in [-0.2, -0.15) is 0 Å². The third-order valence-corrected chi connectivity index (χ3v) is 4.78. The first-order chi connectivity index (χ1) is 11.7. The van der Waals surface area contributed by atoms with Gasteiger partial charge in [-0.3, -0.25) is 4.90 Å². The van der Waals surface area contributed by atoms with Gasteiger partial charge in [0.2, 0.25) is 11.9 Å². The lowest BCUT2D eigenvalue weighted by molar-refractivity contribution is 0.155. The molecule has 2 aromatic heterocycles. The van der Waals surface area contributed by atoms with E-state index in [1.165, 1.54) is 0 Å². The van der Waals surface area contributed by atoms with Crippen molar-refractivity contribution in [3.63, 3.8) is 0 Å². The van der Waals surface area contributed by atoms with E-state index in [2.05, 4.69) is 34.6 Å². The molecular formula is C17H23N7. The molecule has 0 aromatic carbocycles. The molecule has 2 aliphatic rings. The first kappa shape index (κ1) is 15.3. The number of aromatic nitrogens is 4. The van der Waals surface area contributed by atoms with Crippen molar-refractivity contribution in [2.45, 2.75) is 19.9 Å². The van der Waals surface area contributed by atoms with Crippen molar-refractivity contribution in [2.75, 3.05) is 49.1 Å². The van der Waals surface area contributed by atoms with Crippen molar-refractivity contribution in [3.8, 4) is 0 Å². The maximum atomic E-state index is 4.56. The Morgan fingerprint density at radius 1 is 0.833 bits per heavy atom. The highest BCUT2D eigenvalue weighted by Gasteiger charge is 2.35. The second-order valence-corrected chi connectivity index (χ2v) is 6.58. The Kier molecular flexibility index (Phi) is 4.02. The third-order valence-electron chi connectivity index (χ3n) is 4.78. The lowest BCUT2D eigenvalue weighted by Crippen LogP contribution is -2.63. The minimum absolute atomic E-state index is 0.605. The van der Waals surface area contributed by atoms with E-state index in [1.54, 1.807) is 0 Å². The third kappa shape index (κ3) is 3.03. The molecule has 0 aliphatic carbocycles. The average molecular weight is 325 g/mol. The summed E-state index contributed by atoms with van der Waals surface area (Å²) in [7, 11) is 0. The van der Waals surface area contributed by atoms with Gasteiger partial charge in [-0.25, -0.2) is 19.9 Å². The van der Waals surface area contributed by atoms with E-state index in [1.807, 2.05) is 38.4 Å². The molecule has 0 spiro atoms. The van der Waals surface area contributed by atoms with Gasteiger partial charge in [0.25, 0.3) is 0 Å². The van der Waals surface area contributed by atoms with Crippen LogP contribution in [0, 0.1) is 13.8 Å². The van der Waals surface area contributed by atoms with Crippen LogP contribution >= 0.6 is 0 Å². The van der Waals surface area contributed by atoms with Crippen LogP contribution < -0.4 is 9.80 Å². The monoisotopic (exact) mass is 325 g/mol. The molecule has 24 heavy (non-hydrogen) atoms. The summed E-state index contributed by atoms with van der Waals surface area (Å²) in [6.45, 7) is 10.2. The van der Waals surface area contributed by atoms with Crippen LogP contribution in [0.5, 0.6) is 0 Å². The minimum Gasteiger partial charge on any atom is -0.338 e. The molecule has 2 saturated heterocycles. The molecule has 0 saturated carbocycles. The molecule has 0 amide bonds. The lowest BCUT2D eigenvalue weighted by atomic mass is 10.1. The highest BCUT2D eigenvalue weighted by Crippen LogP contribution is 2.22. The molecule has 4 rings (SSSR count). The van der Waals surface area contributed by atoms with Crippen molar-refractivity contribution in [1.29, 1.82) is 0 Å². The quantitative estimate of drug-likeness (QED) is 0.830. The van der Waals surface area contributed by atoms with Crippen molar-refractivity contribution >= 4 is 11.9 Å². The van der Waals surface area contributed by atoms with Crippen LogP contribution in [0.4, 0.5) is 11.9 Å². The van der Waals surface area contributed by atoms with E-state index in [-0.39, 0.29) is 0 Å². The summed E-state index contributed by atoms with van der Waals surface area (Å²) in [6, 6.07) is 4.48. The van der Waals surface area contributed by atoms with Crippen LogP contribution in [0.3, 0.4) is 0 Å². The first-order valence-electron chi connectivity index (χ1n) is 8.52. The molecule has 4 heterocycles. The molecule has 7 heteroatoms. The Hall–Kier alpha value is -2.28. The predicted molar refractivity (Wildman–Crippen MR) is 93.3 cm³/mol. The first-order valence-corrected chi connectivity index (χ1v) is 8.52. The SMILES string of the molecule is Cc1cc(C)nc(N2CC(N3CCN(c4ncccn4)CC3)C2)n1. The van der Waals surface area contributed by atoms with E-state index in [0.717, 1.165) is 62.6 Å². The summed E-state index contributed by atoms with van der Waals surface area (Å²) in [5.41, 5.74) is 2.08. The smallest absolute Gasteiger partial charge is 0.225 e. The van der Waals surface area contributed by atoms with Gasteiger partial charge in [-0.05, 0) is 26.0 Å². The van der Waals surface area contributed by atoms with Crippen LogP contribution in [0.2, 0.25) is 0 Å². The van der Waals surface area contributed by atoms with E-state index in [4.69, 9.17) is 0 Å². The van der Waals surface area contributed by atoms with E-state index in [0.29, 0.717) is 6.04 Å². The Morgan fingerprint density at radius 3 is 2.08 bits per heavy atom. The standard InChI is InChI=1S/C17H23N7/c1-13-10-14(2)21-17(20-13)24-11-15(12-24)22-6-8-23(9-7-22)16-18-4-3-5-19-16/h3-5,10,15H,6-9,11-12H2,1-2H3. The van der Waals surface area contributed by atoms with Crippen LogP contribution in [0.15, 0.2) is 24.5 Å². The summed E-state index contributed by atoms with van der Waals surface area (Å²) in [4.78, 5) is 24.9. The Morgan fingerprint density at radius 2 is 1.46 bits per heavy atom. The van der Waals surface area contributed by atoms with Gasteiger partial charge in [0.05, 0.1) is 0 Å². The second-order valence-electron chi connectivity index (χ2n) is 6.58. The van der Waals surface area contributed by atoms with Gasteiger partial charge < -0.3 is 9.80 Å². The number of aryl methyl sites for hydroxylation is 2. The second kappa shape index (κ2) is 6.32. The number of nitrogens with zero attached hydrogens (tertiary/aromatic N) is 7. The molecule has 2 aliphatic heterocycles. The fraction of sp³-hybridized carbons (Fsp3) is 0.529. The zero-order valence-corrected chi connectivity index (χ0v) is 14.3. The molecule has 2 aromatic rings. The fourth-order valence-electron chi connectivity index (χ4n) is 3.44. The number of hydrogen-bond acceptors (Lipinski definition) is 7. The normalized spacial score (nSPS) is 19.4. The van der Waals surface area contributed by atoms with Gasteiger partial charge in [0, 0.05) is 69.1 Å². The minimum atomic E-state index is 0.605. The highest BCUT2D eigenvalue weighted by atomic mass is 15.4. The highest BCUT2D eigenvalue weighted by molar-refractivity contribution is 5.37.